The summed E-state index contributed by atoms with van der Waals surface area (Å²) in [6.45, 7) is -0.750. The number of phenolic OH excluding ortho intramolecular Hbond substituents is 2. The van der Waals surface area contributed by atoms with Crippen molar-refractivity contribution in [1.29, 1.82) is 0 Å². The second kappa shape index (κ2) is 6.39. The first-order valence-electron chi connectivity index (χ1n) is 5.11. The topological polar surface area (TPSA) is 60.8 Å². The number of benzene rings is 1. The minimum atomic E-state index is -2.66. The number of alkyl halides is 3. The number of carbonyl (C=O) groups is 1. The van der Waals surface area contributed by atoms with Crippen LogP contribution in [-0.4, -0.2) is 46.4 Å². The molecule has 7 heteroatoms. The monoisotopic (exact) mass is 279 g/mol. The van der Waals surface area contributed by atoms with Crippen LogP contribution in [-0.2, 0) is 0 Å². The number of phenols is 2. The number of rotatable bonds is 5. The zero-order valence-electron chi connectivity index (χ0n) is 9.31. The number of nitrogens with zero attached hydrogens (tertiary/aromatic N) is 1. The van der Waals surface area contributed by atoms with Gasteiger partial charge in [-0.25, -0.2) is 8.78 Å². The molecule has 0 saturated heterocycles. The second-order valence-electron chi connectivity index (χ2n) is 3.53. The molecule has 0 bridgehead atoms. The van der Waals surface area contributed by atoms with Gasteiger partial charge in [0.2, 0.25) is 0 Å². The predicted octanol–water partition coefficient (Wildman–Crippen LogP) is 2.04. The number of halogens is 3. The Morgan fingerprint density at radius 2 is 2.00 bits per heavy atom. The molecule has 100 valence electrons. The fourth-order valence-electron chi connectivity index (χ4n) is 1.38. The van der Waals surface area contributed by atoms with Gasteiger partial charge in [-0.05, 0) is 18.2 Å². The van der Waals surface area contributed by atoms with E-state index in [2.05, 4.69) is 0 Å². The van der Waals surface area contributed by atoms with Crippen LogP contribution in [0, 0.1) is 0 Å². The summed E-state index contributed by atoms with van der Waals surface area (Å²) in [6, 6.07) is 3.37. The predicted molar refractivity (Wildman–Crippen MR) is 62.4 cm³/mol. The smallest absolute Gasteiger partial charge is 0.255 e. The fourth-order valence-corrected chi connectivity index (χ4v) is 1.59. The lowest BCUT2D eigenvalue weighted by molar-refractivity contribution is 0.0571. The maximum absolute atomic E-state index is 12.3. The average molecular weight is 280 g/mol. The number of hydrogen-bond acceptors (Lipinski definition) is 3. The molecule has 0 aromatic heterocycles. The summed E-state index contributed by atoms with van der Waals surface area (Å²) in [4.78, 5) is 12.8. The van der Waals surface area contributed by atoms with Gasteiger partial charge >= 0.3 is 0 Å². The van der Waals surface area contributed by atoms with E-state index in [1.807, 2.05) is 0 Å². The molecular weight excluding hydrogens is 268 g/mol. The Labute approximate surface area is 107 Å². The van der Waals surface area contributed by atoms with Crippen LogP contribution >= 0.6 is 11.6 Å². The minimum Gasteiger partial charge on any atom is -0.504 e. The van der Waals surface area contributed by atoms with Crippen LogP contribution in [0.25, 0.3) is 0 Å². The standard InChI is InChI=1S/C11H12ClF2NO3/c12-3-4-15(6-10(13)14)11(18)7-1-2-8(16)9(17)5-7/h1-2,5,10,16-17H,3-4,6H2. The van der Waals surface area contributed by atoms with E-state index in [-0.39, 0.29) is 23.7 Å². The highest BCUT2D eigenvalue weighted by Crippen LogP contribution is 2.25. The average Bonchev–Trinajstić information content (AvgIpc) is 2.31. The van der Waals surface area contributed by atoms with Gasteiger partial charge in [0.25, 0.3) is 12.3 Å². The van der Waals surface area contributed by atoms with Crippen molar-refractivity contribution in [3.63, 3.8) is 0 Å². The summed E-state index contributed by atoms with van der Waals surface area (Å²) < 4.78 is 24.6. The SMILES string of the molecule is O=C(c1ccc(O)c(O)c1)N(CCCl)CC(F)F. The van der Waals surface area contributed by atoms with Crippen LogP contribution in [0.5, 0.6) is 11.5 Å². The van der Waals surface area contributed by atoms with Gasteiger partial charge in [-0.2, -0.15) is 0 Å². The lowest BCUT2D eigenvalue weighted by Crippen LogP contribution is -2.36. The molecule has 1 rings (SSSR count). The van der Waals surface area contributed by atoms with Crippen molar-refractivity contribution in [2.75, 3.05) is 19.0 Å². The zero-order chi connectivity index (χ0) is 13.7. The Morgan fingerprint density at radius 3 is 2.50 bits per heavy atom. The summed E-state index contributed by atoms with van der Waals surface area (Å²) in [5.41, 5.74) is 0.0102. The van der Waals surface area contributed by atoms with Gasteiger partial charge < -0.3 is 15.1 Å². The van der Waals surface area contributed by atoms with Gasteiger partial charge in [-0.1, -0.05) is 0 Å². The largest absolute Gasteiger partial charge is 0.504 e. The van der Waals surface area contributed by atoms with Crippen LogP contribution < -0.4 is 0 Å². The van der Waals surface area contributed by atoms with Crippen molar-refractivity contribution in [3.8, 4) is 11.5 Å². The van der Waals surface area contributed by atoms with E-state index in [1.54, 1.807) is 0 Å². The summed E-state index contributed by atoms with van der Waals surface area (Å²) in [7, 11) is 0. The van der Waals surface area contributed by atoms with Crippen molar-refractivity contribution in [2.45, 2.75) is 6.43 Å². The Kier molecular flexibility index (Phi) is 5.15. The summed E-state index contributed by atoms with van der Waals surface area (Å²) in [5.74, 6) is -1.51. The molecular formula is C11H12ClF2NO3. The molecule has 1 aromatic rings. The normalized spacial score (nSPS) is 10.7. The van der Waals surface area contributed by atoms with E-state index in [0.717, 1.165) is 17.0 Å². The first-order chi connectivity index (χ1) is 8.45. The van der Waals surface area contributed by atoms with Crippen LogP contribution in [0.15, 0.2) is 18.2 Å². The molecule has 1 amide bonds. The maximum Gasteiger partial charge on any atom is 0.255 e. The summed E-state index contributed by atoms with van der Waals surface area (Å²) in [6.07, 6.45) is -2.66. The number of carbonyl (C=O) groups excluding carboxylic acids is 1. The van der Waals surface area contributed by atoms with Crippen LogP contribution in [0.4, 0.5) is 8.78 Å². The summed E-state index contributed by atoms with van der Waals surface area (Å²) in [5, 5.41) is 18.3. The van der Waals surface area contributed by atoms with E-state index in [9.17, 15) is 18.7 Å². The van der Waals surface area contributed by atoms with E-state index in [0.29, 0.717) is 0 Å². The molecule has 0 aliphatic heterocycles. The molecule has 4 nitrogen and oxygen atoms in total. The quantitative estimate of drug-likeness (QED) is 0.640. The van der Waals surface area contributed by atoms with Crippen molar-refractivity contribution < 1.29 is 23.8 Å². The Morgan fingerprint density at radius 1 is 1.33 bits per heavy atom. The van der Waals surface area contributed by atoms with Gasteiger partial charge in [0, 0.05) is 18.0 Å². The van der Waals surface area contributed by atoms with Gasteiger partial charge in [-0.15, -0.1) is 11.6 Å². The molecule has 0 aliphatic rings. The third-order valence-electron chi connectivity index (χ3n) is 2.22. The lowest BCUT2D eigenvalue weighted by atomic mass is 10.1. The van der Waals surface area contributed by atoms with Gasteiger partial charge in [0.1, 0.15) is 0 Å². The third kappa shape index (κ3) is 3.73. The number of hydrogen-bond donors (Lipinski definition) is 2. The molecule has 0 aliphatic carbocycles. The van der Waals surface area contributed by atoms with Crippen LogP contribution in [0.2, 0.25) is 0 Å². The molecule has 0 atom stereocenters. The van der Waals surface area contributed by atoms with Gasteiger partial charge in [0.15, 0.2) is 11.5 Å². The fraction of sp³-hybridized carbons (Fsp3) is 0.364. The van der Waals surface area contributed by atoms with Crippen molar-refractivity contribution in [1.82, 2.24) is 4.90 Å². The Balaban J connectivity index is 2.90. The zero-order valence-corrected chi connectivity index (χ0v) is 10.1. The van der Waals surface area contributed by atoms with Crippen molar-refractivity contribution >= 4 is 17.5 Å². The highest BCUT2D eigenvalue weighted by molar-refractivity contribution is 6.18. The highest BCUT2D eigenvalue weighted by atomic mass is 35.5. The molecule has 0 fully saturated rings. The second-order valence-corrected chi connectivity index (χ2v) is 3.91. The molecule has 0 heterocycles. The molecule has 1 aromatic carbocycles. The highest BCUT2D eigenvalue weighted by Gasteiger charge is 2.20. The van der Waals surface area contributed by atoms with Crippen LogP contribution in [0.1, 0.15) is 10.4 Å². The van der Waals surface area contributed by atoms with E-state index < -0.39 is 24.6 Å². The van der Waals surface area contributed by atoms with Crippen molar-refractivity contribution in [2.24, 2.45) is 0 Å². The van der Waals surface area contributed by atoms with Crippen LogP contribution in [0.3, 0.4) is 0 Å². The van der Waals surface area contributed by atoms with E-state index in [4.69, 9.17) is 16.7 Å². The minimum absolute atomic E-state index is 0.0102. The van der Waals surface area contributed by atoms with Gasteiger partial charge in [-0.3, -0.25) is 4.79 Å². The molecule has 0 spiro atoms. The first kappa shape index (κ1) is 14.5. The Hall–Kier alpha value is -1.56. The molecule has 0 radical (unpaired) electrons. The third-order valence-corrected chi connectivity index (χ3v) is 2.39. The molecule has 18 heavy (non-hydrogen) atoms. The lowest BCUT2D eigenvalue weighted by Gasteiger charge is -2.21. The number of amides is 1. The Bertz CT molecular complexity index is 429. The maximum atomic E-state index is 12.3. The van der Waals surface area contributed by atoms with E-state index in [1.165, 1.54) is 6.07 Å². The van der Waals surface area contributed by atoms with E-state index >= 15 is 0 Å². The molecule has 2 N–H and O–H groups in total. The van der Waals surface area contributed by atoms with Gasteiger partial charge in [0.05, 0.1) is 6.54 Å². The first-order valence-corrected chi connectivity index (χ1v) is 5.64. The summed E-state index contributed by atoms with van der Waals surface area (Å²) >= 11 is 5.44. The molecule has 0 saturated carbocycles. The molecule has 0 unspecified atom stereocenters. The van der Waals surface area contributed by atoms with Crippen molar-refractivity contribution in [3.05, 3.63) is 23.8 Å². The number of aromatic hydroxyl groups is 2.